The van der Waals surface area contributed by atoms with Crippen LogP contribution < -0.4 is 5.32 Å². The molecule has 0 heterocycles. The maximum atomic E-state index is 12.1. The smallest absolute Gasteiger partial charge is 0.224 e. The van der Waals surface area contributed by atoms with Crippen LogP contribution in [0.1, 0.15) is 104 Å². The van der Waals surface area contributed by atoms with E-state index in [-0.39, 0.29) is 12.1 Å². The quantitative estimate of drug-likeness (QED) is 0.220. The van der Waals surface area contributed by atoms with E-state index < -0.39 is 0 Å². The van der Waals surface area contributed by atoms with Crippen molar-refractivity contribution in [3.8, 4) is 0 Å². The molecular formula is C21H45N2O+. The minimum atomic E-state index is 0.234. The summed E-state index contributed by atoms with van der Waals surface area (Å²) in [4.78, 5) is 12.1. The van der Waals surface area contributed by atoms with Gasteiger partial charge in [0, 0.05) is 12.8 Å². The Hall–Kier alpha value is -0.570. The van der Waals surface area contributed by atoms with E-state index in [2.05, 4.69) is 40.2 Å². The fourth-order valence-electron chi connectivity index (χ4n) is 3.20. The van der Waals surface area contributed by atoms with Crippen molar-refractivity contribution in [3.05, 3.63) is 0 Å². The van der Waals surface area contributed by atoms with Crippen molar-refractivity contribution in [3.63, 3.8) is 0 Å². The highest BCUT2D eigenvalue weighted by Gasteiger charge is 2.25. The highest BCUT2D eigenvalue weighted by molar-refractivity contribution is 5.75. The summed E-state index contributed by atoms with van der Waals surface area (Å²) in [6, 6.07) is 0. The largest absolute Gasteiger partial charge is 0.309 e. The molecule has 0 aliphatic carbocycles. The van der Waals surface area contributed by atoms with E-state index >= 15 is 0 Å². The molecule has 3 nitrogen and oxygen atoms in total. The molecule has 1 N–H and O–H groups in total. The van der Waals surface area contributed by atoms with Gasteiger partial charge in [-0.3, -0.25) is 4.79 Å². The molecule has 0 saturated carbocycles. The number of quaternary nitrogens is 1. The molecule has 1 amide bonds. The monoisotopic (exact) mass is 341 g/mol. The maximum absolute atomic E-state index is 12.1. The van der Waals surface area contributed by atoms with Gasteiger partial charge in [-0.2, -0.15) is 0 Å². The summed E-state index contributed by atoms with van der Waals surface area (Å²) in [6.45, 7) is 7.64. The Labute approximate surface area is 152 Å². The summed E-state index contributed by atoms with van der Waals surface area (Å²) in [5, 5.41) is 3.23. The summed E-state index contributed by atoms with van der Waals surface area (Å²) in [5.41, 5.74) is 0. The summed E-state index contributed by atoms with van der Waals surface area (Å²) in [6.07, 6.45) is 16.5. The van der Waals surface area contributed by atoms with Crippen LogP contribution in [-0.4, -0.2) is 37.2 Å². The van der Waals surface area contributed by atoms with Crippen LogP contribution in [0.3, 0.4) is 0 Å². The van der Waals surface area contributed by atoms with Gasteiger partial charge >= 0.3 is 0 Å². The first-order valence-electron chi connectivity index (χ1n) is 10.6. The predicted molar refractivity (Wildman–Crippen MR) is 106 cm³/mol. The van der Waals surface area contributed by atoms with Gasteiger partial charge in [0.1, 0.15) is 0 Å². The molecule has 0 aromatic rings. The third kappa shape index (κ3) is 11.9. The number of amides is 1. The van der Waals surface area contributed by atoms with Gasteiger partial charge < -0.3 is 9.80 Å². The molecule has 0 fully saturated rings. The molecule has 24 heavy (non-hydrogen) atoms. The molecule has 0 rings (SSSR count). The number of nitrogens with zero attached hydrogens (tertiary/aromatic N) is 1. The summed E-state index contributed by atoms with van der Waals surface area (Å²) in [7, 11) is 4.38. The first-order chi connectivity index (χ1) is 11.5. The molecule has 1 unspecified atom stereocenters. The van der Waals surface area contributed by atoms with Gasteiger partial charge in [-0.25, -0.2) is 0 Å². The Morgan fingerprint density at radius 3 is 1.67 bits per heavy atom. The zero-order valence-electron chi connectivity index (χ0n) is 17.3. The van der Waals surface area contributed by atoms with Crippen molar-refractivity contribution in [2.24, 2.45) is 0 Å². The van der Waals surface area contributed by atoms with Crippen molar-refractivity contribution in [2.75, 3.05) is 20.6 Å². The van der Waals surface area contributed by atoms with Crippen molar-refractivity contribution >= 4 is 5.91 Å². The minimum Gasteiger partial charge on any atom is -0.309 e. The van der Waals surface area contributed by atoms with Crippen LogP contribution >= 0.6 is 0 Å². The average molecular weight is 342 g/mol. The molecule has 0 radical (unpaired) electrons. The lowest BCUT2D eigenvalue weighted by Crippen LogP contribution is -2.57. The topological polar surface area (TPSA) is 29.1 Å². The van der Waals surface area contributed by atoms with E-state index in [1.807, 2.05) is 0 Å². The number of unbranched alkanes of at least 4 members (excludes halogenated alkanes) is 10. The summed E-state index contributed by atoms with van der Waals surface area (Å²) < 4.78 is 0.862. The van der Waals surface area contributed by atoms with Crippen LogP contribution in [0.25, 0.3) is 0 Å². The van der Waals surface area contributed by atoms with E-state index in [0.717, 1.165) is 23.9 Å². The summed E-state index contributed by atoms with van der Waals surface area (Å²) in [5.74, 6) is 0.234. The van der Waals surface area contributed by atoms with Gasteiger partial charge in [0.05, 0.1) is 20.6 Å². The molecular weight excluding hydrogens is 296 g/mol. The molecule has 0 aliphatic rings. The lowest BCUT2D eigenvalue weighted by molar-refractivity contribution is -0.915. The van der Waals surface area contributed by atoms with Gasteiger partial charge in [0.2, 0.25) is 5.91 Å². The van der Waals surface area contributed by atoms with Gasteiger partial charge in [-0.15, -0.1) is 0 Å². The predicted octanol–water partition coefficient (Wildman–Crippen LogP) is 5.64. The Morgan fingerprint density at radius 2 is 1.25 bits per heavy atom. The van der Waals surface area contributed by atoms with E-state index in [1.54, 1.807) is 0 Å². The Kier molecular flexibility index (Phi) is 14.4. The van der Waals surface area contributed by atoms with Gasteiger partial charge in [-0.05, 0) is 13.3 Å². The second-order valence-electron chi connectivity index (χ2n) is 7.87. The second-order valence-corrected chi connectivity index (χ2v) is 7.87. The standard InChI is InChI=1S/C21H44N2O/c1-6-9-10-11-12-13-14-15-16-17-18-19-21(24)22-20(7-2)23(4,5)8-3/h20H,6-19H2,1-5H3/p+1. The average Bonchev–Trinajstić information content (AvgIpc) is 2.57. The minimum absolute atomic E-state index is 0.234. The molecule has 0 spiro atoms. The number of hydrogen-bond acceptors (Lipinski definition) is 1. The Balaban J connectivity index is 3.55. The molecule has 0 aromatic heterocycles. The highest BCUT2D eigenvalue weighted by atomic mass is 16.1. The first-order valence-corrected chi connectivity index (χ1v) is 10.6. The number of nitrogens with one attached hydrogen (secondary N) is 1. The molecule has 0 aliphatic heterocycles. The maximum Gasteiger partial charge on any atom is 0.224 e. The lowest BCUT2D eigenvalue weighted by Gasteiger charge is -2.36. The SMILES string of the molecule is CCCCCCCCCCCCCC(=O)NC(CC)[N+](C)(C)CC. The van der Waals surface area contributed by atoms with Crippen molar-refractivity contribution < 1.29 is 9.28 Å². The molecule has 0 saturated heterocycles. The van der Waals surface area contributed by atoms with E-state index in [1.165, 1.54) is 64.2 Å². The van der Waals surface area contributed by atoms with Crippen molar-refractivity contribution in [1.29, 1.82) is 0 Å². The van der Waals surface area contributed by atoms with Crippen LogP contribution in [0.4, 0.5) is 0 Å². The second kappa shape index (κ2) is 14.7. The number of carbonyl (C=O) groups is 1. The van der Waals surface area contributed by atoms with Crippen LogP contribution in [0, 0.1) is 0 Å². The third-order valence-electron chi connectivity index (χ3n) is 5.38. The highest BCUT2D eigenvalue weighted by Crippen LogP contribution is 2.12. The van der Waals surface area contributed by atoms with E-state index in [0.29, 0.717) is 6.42 Å². The number of hydrogen-bond donors (Lipinski definition) is 1. The van der Waals surface area contributed by atoms with Gasteiger partial charge in [0.25, 0.3) is 0 Å². The Bertz CT molecular complexity index is 302. The van der Waals surface area contributed by atoms with E-state index in [9.17, 15) is 4.79 Å². The fraction of sp³-hybridized carbons (Fsp3) is 0.952. The third-order valence-corrected chi connectivity index (χ3v) is 5.38. The van der Waals surface area contributed by atoms with Gasteiger partial charge in [0.15, 0.2) is 6.17 Å². The summed E-state index contributed by atoms with van der Waals surface area (Å²) >= 11 is 0. The van der Waals surface area contributed by atoms with E-state index in [4.69, 9.17) is 0 Å². The van der Waals surface area contributed by atoms with Crippen molar-refractivity contribution in [1.82, 2.24) is 5.32 Å². The zero-order valence-corrected chi connectivity index (χ0v) is 17.3. The van der Waals surface area contributed by atoms with Crippen molar-refractivity contribution in [2.45, 2.75) is 110 Å². The zero-order chi connectivity index (χ0) is 18.3. The number of rotatable bonds is 16. The molecule has 3 heteroatoms. The van der Waals surface area contributed by atoms with Crippen LogP contribution in [-0.2, 0) is 4.79 Å². The fourth-order valence-corrected chi connectivity index (χ4v) is 3.20. The van der Waals surface area contributed by atoms with Crippen LogP contribution in [0.15, 0.2) is 0 Å². The lowest BCUT2D eigenvalue weighted by atomic mass is 10.1. The van der Waals surface area contributed by atoms with Crippen LogP contribution in [0.5, 0.6) is 0 Å². The van der Waals surface area contributed by atoms with Gasteiger partial charge in [-0.1, -0.05) is 78.1 Å². The molecule has 0 aromatic carbocycles. The Morgan fingerprint density at radius 1 is 0.792 bits per heavy atom. The molecule has 0 bridgehead atoms. The number of carbonyl (C=O) groups excluding carboxylic acids is 1. The molecule has 1 atom stereocenters. The first kappa shape index (κ1) is 23.4. The molecule has 144 valence electrons. The van der Waals surface area contributed by atoms with Crippen LogP contribution in [0.2, 0.25) is 0 Å². The normalized spacial score (nSPS) is 13.0.